The largest absolute Gasteiger partial charge is 0.448 e. The normalized spacial score (nSPS) is 22.0. The van der Waals surface area contributed by atoms with Crippen LogP contribution >= 0.6 is 0 Å². The van der Waals surface area contributed by atoms with Crippen LogP contribution in [0, 0.1) is 0 Å². The SMILES string of the molecule is CC(OC(=O)C1=NN(C2CCS(=O)(=O)C2)C(=O)CC1)C(=O)NCc1ccccc1. The molecule has 2 atom stereocenters. The van der Waals surface area contributed by atoms with Crippen molar-refractivity contribution in [3.63, 3.8) is 0 Å². The van der Waals surface area contributed by atoms with Gasteiger partial charge in [0.05, 0.1) is 17.5 Å². The van der Waals surface area contributed by atoms with E-state index in [1.54, 1.807) is 0 Å². The zero-order valence-corrected chi connectivity index (χ0v) is 16.9. The Bertz CT molecular complexity index is 929. The minimum absolute atomic E-state index is 0.00460. The van der Waals surface area contributed by atoms with Gasteiger partial charge in [0, 0.05) is 19.4 Å². The van der Waals surface area contributed by atoms with Crippen LogP contribution in [0.25, 0.3) is 0 Å². The van der Waals surface area contributed by atoms with Gasteiger partial charge in [-0.1, -0.05) is 30.3 Å². The van der Waals surface area contributed by atoms with Crippen molar-refractivity contribution in [2.75, 3.05) is 11.5 Å². The predicted octanol–water partition coefficient (Wildman–Crippen LogP) is 0.400. The molecule has 0 aromatic heterocycles. The summed E-state index contributed by atoms with van der Waals surface area (Å²) >= 11 is 0. The molecule has 9 nitrogen and oxygen atoms in total. The quantitative estimate of drug-likeness (QED) is 0.664. The summed E-state index contributed by atoms with van der Waals surface area (Å²) in [5.41, 5.74) is 0.924. The molecule has 1 fully saturated rings. The number of hydrogen-bond acceptors (Lipinski definition) is 7. The van der Waals surface area contributed by atoms with E-state index in [0.29, 0.717) is 6.54 Å². The first-order valence-corrected chi connectivity index (χ1v) is 11.2. The smallest absolute Gasteiger partial charge is 0.355 e. The molecule has 3 rings (SSSR count). The summed E-state index contributed by atoms with van der Waals surface area (Å²) in [6.07, 6.45) is -0.615. The molecule has 2 heterocycles. The Morgan fingerprint density at radius 3 is 2.66 bits per heavy atom. The molecule has 0 saturated carbocycles. The number of hydrogen-bond donors (Lipinski definition) is 1. The van der Waals surface area contributed by atoms with E-state index in [1.807, 2.05) is 30.3 Å². The molecular weight excluding hydrogens is 398 g/mol. The number of rotatable bonds is 6. The summed E-state index contributed by atoms with van der Waals surface area (Å²) in [5.74, 6) is -1.73. The molecule has 1 aromatic carbocycles. The van der Waals surface area contributed by atoms with Crippen LogP contribution in [0.4, 0.5) is 0 Å². The molecule has 2 unspecified atom stereocenters. The lowest BCUT2D eigenvalue weighted by Crippen LogP contribution is -2.43. The first-order chi connectivity index (χ1) is 13.7. The third-order valence-electron chi connectivity index (χ3n) is 4.81. The van der Waals surface area contributed by atoms with E-state index in [0.717, 1.165) is 10.6 Å². The van der Waals surface area contributed by atoms with Crippen molar-refractivity contribution in [2.24, 2.45) is 5.10 Å². The molecule has 156 valence electrons. The second kappa shape index (κ2) is 8.73. The summed E-state index contributed by atoms with van der Waals surface area (Å²) < 4.78 is 28.5. The Morgan fingerprint density at radius 2 is 2.00 bits per heavy atom. The summed E-state index contributed by atoms with van der Waals surface area (Å²) in [6.45, 7) is 1.76. The van der Waals surface area contributed by atoms with E-state index in [-0.39, 0.29) is 42.4 Å². The lowest BCUT2D eigenvalue weighted by Gasteiger charge is -2.27. The number of nitrogens with one attached hydrogen (secondary N) is 1. The number of esters is 1. The van der Waals surface area contributed by atoms with Crippen LogP contribution in [0.5, 0.6) is 0 Å². The third kappa shape index (κ3) is 5.41. The van der Waals surface area contributed by atoms with Crippen molar-refractivity contribution in [2.45, 2.75) is 44.9 Å². The lowest BCUT2D eigenvalue weighted by atomic mass is 10.1. The topological polar surface area (TPSA) is 122 Å². The predicted molar refractivity (Wildman–Crippen MR) is 104 cm³/mol. The Kier molecular flexibility index (Phi) is 6.31. The molecule has 2 aliphatic heterocycles. The summed E-state index contributed by atoms with van der Waals surface area (Å²) in [5, 5.41) is 7.82. The molecule has 0 bridgehead atoms. The first-order valence-electron chi connectivity index (χ1n) is 9.38. The van der Waals surface area contributed by atoms with Crippen LogP contribution in [-0.2, 0) is 35.5 Å². The zero-order chi connectivity index (χ0) is 21.0. The van der Waals surface area contributed by atoms with Gasteiger partial charge >= 0.3 is 5.97 Å². The van der Waals surface area contributed by atoms with E-state index < -0.39 is 33.9 Å². The van der Waals surface area contributed by atoms with Gasteiger partial charge in [-0.25, -0.2) is 18.2 Å². The van der Waals surface area contributed by atoms with Gasteiger partial charge in [0.1, 0.15) is 5.71 Å². The number of sulfone groups is 1. The third-order valence-corrected chi connectivity index (χ3v) is 6.56. The molecule has 0 aliphatic carbocycles. The van der Waals surface area contributed by atoms with Crippen LogP contribution in [-0.4, -0.2) is 60.6 Å². The average molecular weight is 421 g/mol. The molecule has 1 saturated heterocycles. The van der Waals surface area contributed by atoms with E-state index in [4.69, 9.17) is 4.74 Å². The second-order valence-corrected chi connectivity index (χ2v) is 9.32. The highest BCUT2D eigenvalue weighted by Gasteiger charge is 2.37. The van der Waals surface area contributed by atoms with Crippen LogP contribution in [0.15, 0.2) is 35.4 Å². The van der Waals surface area contributed by atoms with Crippen molar-refractivity contribution in [1.29, 1.82) is 0 Å². The van der Waals surface area contributed by atoms with Gasteiger partial charge in [0.25, 0.3) is 5.91 Å². The minimum atomic E-state index is -3.20. The van der Waals surface area contributed by atoms with Crippen molar-refractivity contribution in [3.8, 4) is 0 Å². The summed E-state index contributed by atoms with van der Waals surface area (Å²) in [7, 11) is -3.20. The number of amides is 2. The fourth-order valence-corrected chi connectivity index (χ4v) is 4.87. The first kappa shape index (κ1) is 21.0. The van der Waals surface area contributed by atoms with E-state index in [9.17, 15) is 22.8 Å². The minimum Gasteiger partial charge on any atom is -0.448 e. The molecule has 29 heavy (non-hydrogen) atoms. The molecule has 0 spiro atoms. The number of carbonyl (C=O) groups excluding carboxylic acids is 3. The van der Waals surface area contributed by atoms with E-state index >= 15 is 0 Å². The van der Waals surface area contributed by atoms with Gasteiger partial charge in [-0.3, -0.25) is 9.59 Å². The lowest BCUT2D eigenvalue weighted by molar-refractivity contribution is -0.149. The molecule has 2 aliphatic rings. The van der Waals surface area contributed by atoms with Crippen LogP contribution in [0.3, 0.4) is 0 Å². The fourth-order valence-electron chi connectivity index (χ4n) is 3.18. The molecule has 2 amide bonds. The molecule has 1 aromatic rings. The van der Waals surface area contributed by atoms with Crippen LogP contribution in [0.1, 0.15) is 31.7 Å². The molecule has 10 heteroatoms. The Labute approximate surface area is 169 Å². The van der Waals surface area contributed by atoms with Gasteiger partial charge in [-0.2, -0.15) is 5.10 Å². The number of hydrazone groups is 1. The van der Waals surface area contributed by atoms with Gasteiger partial charge in [-0.15, -0.1) is 0 Å². The van der Waals surface area contributed by atoms with Crippen molar-refractivity contribution in [3.05, 3.63) is 35.9 Å². The highest BCUT2D eigenvalue weighted by Crippen LogP contribution is 2.22. The van der Waals surface area contributed by atoms with E-state index in [2.05, 4.69) is 10.4 Å². The number of carbonyl (C=O) groups is 3. The Morgan fingerprint density at radius 1 is 1.28 bits per heavy atom. The van der Waals surface area contributed by atoms with Crippen molar-refractivity contribution >= 4 is 33.3 Å². The number of ether oxygens (including phenoxy) is 1. The number of nitrogens with zero attached hydrogens (tertiary/aromatic N) is 2. The van der Waals surface area contributed by atoms with Gasteiger partial charge in [0.2, 0.25) is 5.91 Å². The van der Waals surface area contributed by atoms with E-state index in [1.165, 1.54) is 6.92 Å². The Hall–Kier alpha value is -2.75. The Balaban J connectivity index is 1.58. The van der Waals surface area contributed by atoms with Crippen molar-refractivity contribution in [1.82, 2.24) is 10.3 Å². The summed E-state index contributed by atoms with van der Waals surface area (Å²) in [6, 6.07) is 8.74. The maximum absolute atomic E-state index is 12.4. The maximum atomic E-state index is 12.4. The van der Waals surface area contributed by atoms with Gasteiger partial charge in [0.15, 0.2) is 15.9 Å². The highest BCUT2D eigenvalue weighted by molar-refractivity contribution is 7.91. The molecule has 1 N–H and O–H groups in total. The second-order valence-electron chi connectivity index (χ2n) is 7.09. The molecular formula is C19H23N3O6S. The van der Waals surface area contributed by atoms with Crippen LogP contribution < -0.4 is 5.32 Å². The zero-order valence-electron chi connectivity index (χ0n) is 16.0. The summed E-state index contributed by atoms with van der Waals surface area (Å²) in [4.78, 5) is 36.7. The van der Waals surface area contributed by atoms with Crippen molar-refractivity contribution < 1.29 is 27.5 Å². The maximum Gasteiger partial charge on any atom is 0.355 e. The number of benzene rings is 1. The average Bonchev–Trinajstić information content (AvgIpc) is 3.06. The van der Waals surface area contributed by atoms with Gasteiger partial charge < -0.3 is 10.1 Å². The van der Waals surface area contributed by atoms with Gasteiger partial charge in [-0.05, 0) is 18.9 Å². The van der Waals surface area contributed by atoms with Crippen LogP contribution in [0.2, 0.25) is 0 Å². The monoisotopic (exact) mass is 421 g/mol. The molecule has 0 radical (unpaired) electrons. The fraction of sp³-hybridized carbons (Fsp3) is 0.474. The highest BCUT2D eigenvalue weighted by atomic mass is 32.2. The standard InChI is InChI=1S/C19H23N3O6S/c1-13(18(24)20-11-14-5-3-2-4-6-14)28-19(25)16-7-8-17(23)22(21-16)15-9-10-29(26,27)12-15/h2-6,13,15H,7-12H2,1H3,(H,20,24).